The van der Waals surface area contributed by atoms with Crippen molar-refractivity contribution in [2.45, 2.75) is 13.5 Å². The number of rotatable bonds is 4. The summed E-state index contributed by atoms with van der Waals surface area (Å²) in [6.07, 6.45) is 3.88. The van der Waals surface area contributed by atoms with E-state index in [1.165, 1.54) is 6.92 Å². The van der Waals surface area contributed by atoms with Crippen molar-refractivity contribution in [3.63, 3.8) is 0 Å². The van der Waals surface area contributed by atoms with Crippen molar-refractivity contribution in [3.05, 3.63) is 72.6 Å². The van der Waals surface area contributed by atoms with Crippen LogP contribution in [0, 0.1) is 0 Å². The zero-order valence-corrected chi connectivity index (χ0v) is 12.8. The predicted octanol–water partition coefficient (Wildman–Crippen LogP) is 2.97. The van der Waals surface area contributed by atoms with Crippen LogP contribution in [0.3, 0.4) is 0 Å². The van der Waals surface area contributed by atoms with Gasteiger partial charge in [-0.1, -0.05) is 18.2 Å². The number of nitrogens with zero attached hydrogens (tertiary/aromatic N) is 1. The SMILES string of the molecule is CC(=O)Nc1ccc(C(=O)C[n+]2ccc3ccccc3c2)cc1. The summed E-state index contributed by atoms with van der Waals surface area (Å²) in [6.45, 7) is 1.74. The Morgan fingerprint density at radius 1 is 0.957 bits per heavy atom. The Morgan fingerprint density at radius 2 is 1.65 bits per heavy atom. The van der Waals surface area contributed by atoms with Gasteiger partial charge in [-0.2, -0.15) is 4.57 Å². The van der Waals surface area contributed by atoms with Gasteiger partial charge in [0.2, 0.25) is 18.2 Å². The third kappa shape index (κ3) is 3.61. The van der Waals surface area contributed by atoms with Gasteiger partial charge in [-0.15, -0.1) is 0 Å². The fourth-order valence-electron chi connectivity index (χ4n) is 2.48. The van der Waals surface area contributed by atoms with Gasteiger partial charge >= 0.3 is 0 Å². The maximum absolute atomic E-state index is 12.4. The normalized spacial score (nSPS) is 10.5. The second-order valence-corrected chi connectivity index (χ2v) is 5.43. The first-order chi connectivity index (χ1) is 11.1. The van der Waals surface area contributed by atoms with E-state index in [0.717, 1.165) is 10.8 Å². The minimum Gasteiger partial charge on any atom is -0.326 e. The largest absolute Gasteiger partial charge is 0.326 e. The van der Waals surface area contributed by atoms with E-state index in [2.05, 4.69) is 5.32 Å². The molecule has 1 heterocycles. The van der Waals surface area contributed by atoms with Gasteiger partial charge in [0.1, 0.15) is 0 Å². The topological polar surface area (TPSA) is 50.1 Å². The molecule has 114 valence electrons. The number of pyridine rings is 1. The Kier molecular flexibility index (Phi) is 4.15. The van der Waals surface area contributed by atoms with Crippen LogP contribution in [0.25, 0.3) is 10.8 Å². The first-order valence-corrected chi connectivity index (χ1v) is 7.40. The molecular weight excluding hydrogens is 288 g/mol. The summed E-state index contributed by atoms with van der Waals surface area (Å²) in [6, 6.07) is 17.0. The predicted molar refractivity (Wildman–Crippen MR) is 89.2 cm³/mol. The summed E-state index contributed by atoms with van der Waals surface area (Å²) in [5.74, 6) is -0.101. The van der Waals surface area contributed by atoms with Crippen LogP contribution >= 0.6 is 0 Å². The van der Waals surface area contributed by atoms with Gasteiger partial charge < -0.3 is 5.32 Å². The minimum atomic E-state index is -0.129. The summed E-state index contributed by atoms with van der Waals surface area (Å²) in [5, 5.41) is 4.93. The average Bonchev–Trinajstić information content (AvgIpc) is 2.55. The van der Waals surface area contributed by atoms with Crippen molar-refractivity contribution >= 4 is 28.2 Å². The highest BCUT2D eigenvalue weighted by Gasteiger charge is 2.12. The fourth-order valence-corrected chi connectivity index (χ4v) is 2.48. The third-order valence-electron chi connectivity index (χ3n) is 3.60. The summed E-state index contributed by atoms with van der Waals surface area (Å²) in [4.78, 5) is 23.4. The van der Waals surface area contributed by atoms with Crippen molar-refractivity contribution < 1.29 is 14.2 Å². The van der Waals surface area contributed by atoms with Gasteiger partial charge in [-0.05, 0) is 35.7 Å². The van der Waals surface area contributed by atoms with Gasteiger partial charge in [0.25, 0.3) is 0 Å². The number of carbonyl (C=O) groups excluding carboxylic acids is 2. The van der Waals surface area contributed by atoms with Gasteiger partial charge in [-0.3, -0.25) is 9.59 Å². The summed E-state index contributed by atoms with van der Waals surface area (Å²) < 4.78 is 1.88. The van der Waals surface area contributed by atoms with E-state index in [9.17, 15) is 9.59 Å². The summed E-state index contributed by atoms with van der Waals surface area (Å²) in [5.41, 5.74) is 1.31. The highest BCUT2D eigenvalue weighted by Crippen LogP contribution is 2.11. The number of hydrogen-bond donors (Lipinski definition) is 1. The molecule has 0 aliphatic rings. The van der Waals surface area contributed by atoms with Crippen LogP contribution in [0.1, 0.15) is 17.3 Å². The standard InChI is InChI=1S/C19H16N2O2/c1-14(22)20-18-8-6-16(7-9-18)19(23)13-21-11-10-15-4-2-3-5-17(15)12-21/h2-12H,13H2,1H3/p+1. The smallest absolute Gasteiger partial charge is 0.227 e. The quantitative estimate of drug-likeness (QED) is 0.595. The minimum absolute atomic E-state index is 0.0275. The molecule has 0 saturated carbocycles. The molecule has 3 rings (SSSR count). The summed E-state index contributed by atoms with van der Waals surface area (Å²) in [7, 11) is 0. The number of aromatic nitrogens is 1. The van der Waals surface area contributed by atoms with Crippen LogP contribution in [0.15, 0.2) is 67.0 Å². The molecule has 2 aromatic carbocycles. The van der Waals surface area contributed by atoms with Crippen LogP contribution in [-0.2, 0) is 11.3 Å². The maximum atomic E-state index is 12.4. The van der Waals surface area contributed by atoms with Crippen LogP contribution in [0.4, 0.5) is 5.69 Å². The average molecular weight is 305 g/mol. The molecule has 3 aromatic rings. The van der Waals surface area contributed by atoms with E-state index in [4.69, 9.17) is 0 Å². The van der Waals surface area contributed by atoms with Gasteiger partial charge in [0.15, 0.2) is 12.4 Å². The van der Waals surface area contributed by atoms with E-state index in [-0.39, 0.29) is 18.2 Å². The molecule has 1 amide bonds. The Morgan fingerprint density at radius 3 is 2.35 bits per heavy atom. The fraction of sp³-hybridized carbons (Fsp3) is 0.105. The lowest BCUT2D eigenvalue weighted by Gasteiger charge is -2.03. The summed E-state index contributed by atoms with van der Waals surface area (Å²) >= 11 is 0. The highest BCUT2D eigenvalue weighted by molar-refractivity contribution is 5.96. The van der Waals surface area contributed by atoms with E-state index in [1.807, 2.05) is 47.3 Å². The van der Waals surface area contributed by atoms with Gasteiger partial charge in [0, 0.05) is 29.6 Å². The molecule has 0 unspecified atom stereocenters. The molecule has 0 bridgehead atoms. The zero-order chi connectivity index (χ0) is 16.2. The van der Waals surface area contributed by atoms with Crippen LogP contribution in [0.2, 0.25) is 0 Å². The number of carbonyl (C=O) groups is 2. The van der Waals surface area contributed by atoms with Crippen molar-refractivity contribution in [3.8, 4) is 0 Å². The second-order valence-electron chi connectivity index (χ2n) is 5.43. The van der Waals surface area contributed by atoms with E-state index in [0.29, 0.717) is 11.3 Å². The van der Waals surface area contributed by atoms with Crippen LogP contribution in [0.5, 0.6) is 0 Å². The molecule has 4 nitrogen and oxygen atoms in total. The van der Waals surface area contributed by atoms with E-state index in [1.54, 1.807) is 24.3 Å². The van der Waals surface area contributed by atoms with Crippen molar-refractivity contribution in [1.29, 1.82) is 0 Å². The molecule has 1 aromatic heterocycles. The Labute approximate surface area is 134 Å². The second kappa shape index (κ2) is 6.40. The third-order valence-corrected chi connectivity index (χ3v) is 3.60. The number of ketones is 1. The molecule has 0 saturated heterocycles. The monoisotopic (exact) mass is 305 g/mol. The maximum Gasteiger partial charge on any atom is 0.227 e. The molecule has 4 heteroatoms. The number of nitrogens with one attached hydrogen (secondary N) is 1. The molecule has 0 aliphatic heterocycles. The Balaban J connectivity index is 1.76. The number of anilines is 1. The Bertz CT molecular complexity index is 870. The zero-order valence-electron chi connectivity index (χ0n) is 12.8. The van der Waals surface area contributed by atoms with E-state index < -0.39 is 0 Å². The number of hydrogen-bond acceptors (Lipinski definition) is 2. The molecule has 23 heavy (non-hydrogen) atoms. The molecular formula is C19H17N2O2+. The first kappa shape index (κ1) is 14.9. The molecule has 1 N–H and O–H groups in total. The number of fused-ring (bicyclic) bond motifs is 1. The highest BCUT2D eigenvalue weighted by atomic mass is 16.1. The molecule has 0 radical (unpaired) electrons. The lowest BCUT2D eigenvalue weighted by Crippen LogP contribution is -2.37. The lowest BCUT2D eigenvalue weighted by molar-refractivity contribution is -0.681. The van der Waals surface area contributed by atoms with Crippen LogP contribution in [-0.4, -0.2) is 11.7 Å². The van der Waals surface area contributed by atoms with Gasteiger partial charge in [0.05, 0.1) is 0 Å². The lowest BCUT2D eigenvalue weighted by atomic mass is 10.1. The number of amides is 1. The van der Waals surface area contributed by atoms with E-state index >= 15 is 0 Å². The number of benzene rings is 2. The van der Waals surface area contributed by atoms with Gasteiger partial charge in [-0.25, -0.2) is 0 Å². The molecule has 0 fully saturated rings. The van der Waals surface area contributed by atoms with Crippen LogP contribution < -0.4 is 9.88 Å². The molecule has 0 atom stereocenters. The van der Waals surface area contributed by atoms with Crippen molar-refractivity contribution in [2.24, 2.45) is 0 Å². The van der Waals surface area contributed by atoms with Crippen molar-refractivity contribution in [2.75, 3.05) is 5.32 Å². The first-order valence-electron chi connectivity index (χ1n) is 7.40. The number of Topliss-reactive ketones (excluding diaryl/α,β-unsaturated/α-hetero) is 1. The Hall–Kier alpha value is -3.01. The molecule has 0 aliphatic carbocycles. The molecule has 0 spiro atoms. The van der Waals surface area contributed by atoms with Crippen molar-refractivity contribution in [1.82, 2.24) is 0 Å².